The molecule has 2 atom stereocenters. The van der Waals surface area contributed by atoms with Gasteiger partial charge in [-0.1, -0.05) is 40.2 Å². The van der Waals surface area contributed by atoms with Crippen LogP contribution in [0.1, 0.15) is 28.2 Å². The van der Waals surface area contributed by atoms with Gasteiger partial charge in [-0.3, -0.25) is 0 Å². The van der Waals surface area contributed by atoms with Crippen molar-refractivity contribution in [3.63, 3.8) is 0 Å². The molecule has 4 nitrogen and oxygen atoms in total. The van der Waals surface area contributed by atoms with E-state index in [4.69, 9.17) is 0 Å². The number of benzene rings is 1. The van der Waals surface area contributed by atoms with Crippen molar-refractivity contribution in [3.05, 3.63) is 41.2 Å². The smallest absolute Gasteiger partial charge is 0.167 e. The van der Waals surface area contributed by atoms with Crippen molar-refractivity contribution in [1.82, 2.24) is 20.2 Å². The van der Waals surface area contributed by atoms with Gasteiger partial charge in [-0.15, -0.1) is 10.2 Å². The fraction of sp³-hybridized carbons (Fsp3) is 0.462. The molecule has 18 heavy (non-hydrogen) atoms. The van der Waals surface area contributed by atoms with Gasteiger partial charge in [0.15, 0.2) is 5.82 Å². The maximum Gasteiger partial charge on any atom is 0.175 e. The summed E-state index contributed by atoms with van der Waals surface area (Å²) in [5.74, 6) is 1.38. The van der Waals surface area contributed by atoms with Crippen LogP contribution in [0.3, 0.4) is 0 Å². The second-order valence-electron chi connectivity index (χ2n) is 4.80. The lowest BCUT2D eigenvalue weighted by molar-refractivity contribution is 0.442. The van der Waals surface area contributed by atoms with Gasteiger partial charge in [0.25, 0.3) is 0 Å². The summed E-state index contributed by atoms with van der Waals surface area (Å²) in [7, 11) is 1.80. The standard InChI is InChI=1S/C13H15BrN4/c1-18-16-12(15-17-18)8-10-7-6-9-4-2-3-5-11(9)13(10)14/h2-5,10,13H,6-8H2,1H3. The first kappa shape index (κ1) is 11.8. The van der Waals surface area contributed by atoms with Gasteiger partial charge in [-0.2, -0.15) is 4.80 Å². The van der Waals surface area contributed by atoms with E-state index in [1.165, 1.54) is 22.3 Å². The molecule has 0 aliphatic heterocycles. The van der Waals surface area contributed by atoms with Gasteiger partial charge in [-0.05, 0) is 35.1 Å². The number of aromatic nitrogens is 4. The molecule has 0 radical (unpaired) electrons. The molecule has 94 valence electrons. The maximum absolute atomic E-state index is 4.27. The largest absolute Gasteiger partial charge is 0.175 e. The topological polar surface area (TPSA) is 43.6 Å². The number of rotatable bonds is 2. The molecular weight excluding hydrogens is 292 g/mol. The van der Waals surface area contributed by atoms with Crippen molar-refractivity contribution >= 4 is 15.9 Å². The molecule has 1 aliphatic carbocycles. The first-order valence-electron chi connectivity index (χ1n) is 6.19. The minimum absolute atomic E-state index is 0.395. The molecular formula is C13H15BrN4. The Morgan fingerprint density at radius 2 is 2.22 bits per heavy atom. The SMILES string of the molecule is Cn1nnc(CC2CCc3ccccc3C2Br)n1. The summed E-state index contributed by atoms with van der Waals surface area (Å²) in [6.07, 6.45) is 3.20. The number of alkyl halides is 1. The van der Waals surface area contributed by atoms with Crippen molar-refractivity contribution in [2.45, 2.75) is 24.1 Å². The zero-order chi connectivity index (χ0) is 12.5. The number of tetrazole rings is 1. The average Bonchev–Trinajstić information content (AvgIpc) is 2.79. The highest BCUT2D eigenvalue weighted by Crippen LogP contribution is 2.41. The van der Waals surface area contributed by atoms with E-state index < -0.39 is 0 Å². The van der Waals surface area contributed by atoms with Gasteiger partial charge < -0.3 is 0 Å². The summed E-state index contributed by atoms with van der Waals surface area (Å²) in [5.41, 5.74) is 2.88. The Balaban J connectivity index is 1.80. The number of aryl methyl sites for hydroxylation is 2. The lowest BCUT2D eigenvalue weighted by Gasteiger charge is -2.29. The molecule has 0 amide bonds. The Morgan fingerprint density at radius 3 is 3.00 bits per heavy atom. The van der Waals surface area contributed by atoms with E-state index in [0.717, 1.165) is 18.7 Å². The van der Waals surface area contributed by atoms with E-state index in [2.05, 4.69) is 55.6 Å². The molecule has 3 rings (SSSR count). The van der Waals surface area contributed by atoms with Gasteiger partial charge in [0.2, 0.25) is 0 Å². The minimum Gasteiger partial charge on any atom is -0.167 e. The second-order valence-corrected chi connectivity index (χ2v) is 5.79. The molecule has 5 heteroatoms. The van der Waals surface area contributed by atoms with Crippen LogP contribution < -0.4 is 0 Å². The molecule has 0 fully saturated rings. The molecule has 2 unspecified atom stereocenters. The average molecular weight is 307 g/mol. The molecule has 2 aromatic rings. The monoisotopic (exact) mass is 306 g/mol. The van der Waals surface area contributed by atoms with Crippen molar-refractivity contribution in [3.8, 4) is 0 Å². The van der Waals surface area contributed by atoms with E-state index in [-0.39, 0.29) is 0 Å². The zero-order valence-electron chi connectivity index (χ0n) is 10.3. The third-order valence-corrected chi connectivity index (χ3v) is 4.79. The van der Waals surface area contributed by atoms with Gasteiger partial charge in [0.1, 0.15) is 0 Å². The molecule has 1 aliphatic rings. The van der Waals surface area contributed by atoms with Crippen LogP contribution in [0, 0.1) is 5.92 Å². The molecule has 0 saturated heterocycles. The van der Waals surface area contributed by atoms with E-state index in [9.17, 15) is 0 Å². The van der Waals surface area contributed by atoms with Crippen LogP contribution in [0.5, 0.6) is 0 Å². The third kappa shape index (κ3) is 2.19. The normalized spacial score (nSPS) is 22.8. The van der Waals surface area contributed by atoms with Crippen LogP contribution >= 0.6 is 15.9 Å². The fourth-order valence-corrected chi connectivity index (χ4v) is 3.52. The first-order valence-corrected chi connectivity index (χ1v) is 7.10. The molecule has 0 N–H and O–H groups in total. The molecule has 1 heterocycles. The van der Waals surface area contributed by atoms with Crippen molar-refractivity contribution in [2.75, 3.05) is 0 Å². The van der Waals surface area contributed by atoms with Crippen LogP contribution in [0.25, 0.3) is 0 Å². The Hall–Kier alpha value is -1.23. The Kier molecular flexibility index (Phi) is 3.16. The molecule has 0 bridgehead atoms. The molecule has 1 aromatic heterocycles. The van der Waals surface area contributed by atoms with E-state index in [1.54, 1.807) is 7.05 Å². The number of fused-ring (bicyclic) bond motifs is 1. The van der Waals surface area contributed by atoms with Gasteiger partial charge in [0, 0.05) is 11.2 Å². The van der Waals surface area contributed by atoms with Crippen LogP contribution in [-0.4, -0.2) is 20.2 Å². The lowest BCUT2D eigenvalue weighted by atomic mass is 9.82. The van der Waals surface area contributed by atoms with Crippen LogP contribution in [0.2, 0.25) is 0 Å². The molecule has 0 saturated carbocycles. The van der Waals surface area contributed by atoms with Gasteiger partial charge >= 0.3 is 0 Å². The van der Waals surface area contributed by atoms with Crippen LogP contribution in [-0.2, 0) is 19.9 Å². The predicted octanol–water partition coefficient (Wildman–Crippen LogP) is 2.45. The number of hydrogen-bond acceptors (Lipinski definition) is 3. The quantitative estimate of drug-likeness (QED) is 0.801. The first-order chi connectivity index (χ1) is 8.74. The van der Waals surface area contributed by atoms with Crippen LogP contribution in [0.15, 0.2) is 24.3 Å². The van der Waals surface area contributed by atoms with Crippen molar-refractivity contribution in [2.24, 2.45) is 13.0 Å². The maximum atomic E-state index is 4.27. The highest BCUT2D eigenvalue weighted by atomic mass is 79.9. The van der Waals surface area contributed by atoms with Gasteiger partial charge in [-0.25, -0.2) is 0 Å². The summed E-state index contributed by atoms with van der Waals surface area (Å²) in [6, 6.07) is 8.66. The highest BCUT2D eigenvalue weighted by molar-refractivity contribution is 9.09. The summed E-state index contributed by atoms with van der Waals surface area (Å²) in [4.78, 5) is 1.92. The zero-order valence-corrected chi connectivity index (χ0v) is 11.8. The van der Waals surface area contributed by atoms with E-state index in [1.807, 2.05) is 0 Å². The number of nitrogens with zero attached hydrogens (tertiary/aromatic N) is 4. The summed E-state index contributed by atoms with van der Waals surface area (Å²) in [5, 5.41) is 12.2. The molecule has 1 aromatic carbocycles. The highest BCUT2D eigenvalue weighted by Gasteiger charge is 2.28. The van der Waals surface area contributed by atoms with Crippen molar-refractivity contribution < 1.29 is 0 Å². The summed E-state index contributed by atoms with van der Waals surface area (Å²) >= 11 is 3.83. The molecule has 0 spiro atoms. The van der Waals surface area contributed by atoms with E-state index >= 15 is 0 Å². The predicted molar refractivity (Wildman–Crippen MR) is 72.4 cm³/mol. The Labute approximate surface area is 115 Å². The Bertz CT molecular complexity index is 551. The summed E-state index contributed by atoms with van der Waals surface area (Å²) < 4.78 is 0. The lowest BCUT2D eigenvalue weighted by Crippen LogP contribution is -2.19. The van der Waals surface area contributed by atoms with Gasteiger partial charge in [0.05, 0.1) is 7.05 Å². The van der Waals surface area contributed by atoms with Crippen LogP contribution in [0.4, 0.5) is 0 Å². The Morgan fingerprint density at radius 1 is 1.39 bits per heavy atom. The fourth-order valence-electron chi connectivity index (χ4n) is 2.62. The van der Waals surface area contributed by atoms with E-state index in [0.29, 0.717) is 10.7 Å². The number of halogens is 1. The summed E-state index contributed by atoms with van der Waals surface area (Å²) in [6.45, 7) is 0. The van der Waals surface area contributed by atoms with Crippen molar-refractivity contribution in [1.29, 1.82) is 0 Å². The minimum atomic E-state index is 0.395. The second kappa shape index (κ2) is 4.80. The third-order valence-electron chi connectivity index (χ3n) is 3.55. The number of hydrogen-bond donors (Lipinski definition) is 0.